The Morgan fingerprint density at radius 3 is 2.57 bits per heavy atom. The molecule has 2 aromatic heterocycles. The Bertz CT molecular complexity index is 1460. The van der Waals surface area contributed by atoms with Crippen LogP contribution in [0, 0.1) is 0 Å². The Balaban J connectivity index is 1.49. The van der Waals surface area contributed by atoms with Gasteiger partial charge in [0.2, 0.25) is 0 Å². The van der Waals surface area contributed by atoms with E-state index in [4.69, 9.17) is 9.47 Å². The molecule has 2 aromatic carbocycles. The van der Waals surface area contributed by atoms with Gasteiger partial charge in [0, 0.05) is 41.5 Å². The number of methoxy groups -OCH3 is 2. The molecular weight excluding hydrogens is 484 g/mol. The molecule has 6 rings (SSSR count). The summed E-state index contributed by atoms with van der Waals surface area (Å²) in [4.78, 5) is 19.8. The van der Waals surface area contributed by atoms with Crippen molar-refractivity contribution in [2.24, 2.45) is 0 Å². The minimum absolute atomic E-state index is 0.158. The zero-order valence-corrected chi connectivity index (χ0v) is 22.0. The van der Waals surface area contributed by atoms with Crippen molar-refractivity contribution in [2.75, 3.05) is 33.1 Å². The highest BCUT2D eigenvalue weighted by Gasteiger charge is 2.36. The Kier molecular flexibility index (Phi) is 6.14. The minimum atomic E-state index is -0.294. The van der Waals surface area contributed by atoms with Crippen LogP contribution in [0.25, 0.3) is 5.00 Å². The third-order valence-electron chi connectivity index (χ3n) is 7.25. The first-order valence-corrected chi connectivity index (χ1v) is 13.2. The molecule has 0 bridgehead atoms. The Labute approximate surface area is 220 Å². The number of urea groups is 1. The number of carbonyl (C=O) groups excluding carboxylic acids is 1. The van der Waals surface area contributed by atoms with Gasteiger partial charge in [-0.05, 0) is 61.0 Å². The fraction of sp³-hybridized carbons (Fsp3) is 0.276. The van der Waals surface area contributed by atoms with Crippen LogP contribution in [0.2, 0.25) is 0 Å². The van der Waals surface area contributed by atoms with Crippen LogP contribution in [0.5, 0.6) is 11.5 Å². The van der Waals surface area contributed by atoms with Gasteiger partial charge in [-0.2, -0.15) is 0 Å². The number of benzene rings is 2. The van der Waals surface area contributed by atoms with Gasteiger partial charge in [0.1, 0.15) is 16.5 Å². The van der Waals surface area contributed by atoms with E-state index in [-0.39, 0.29) is 12.1 Å². The number of thiophene rings is 1. The van der Waals surface area contributed by atoms with E-state index in [2.05, 4.69) is 46.2 Å². The molecular formula is C29H30N4O3S. The summed E-state index contributed by atoms with van der Waals surface area (Å²) >= 11 is 1.85. The van der Waals surface area contributed by atoms with Gasteiger partial charge in [-0.1, -0.05) is 18.2 Å². The third-order valence-corrected chi connectivity index (χ3v) is 8.51. The lowest BCUT2D eigenvalue weighted by atomic mass is 10.00. The number of fused-ring (bicyclic) bond motifs is 5. The van der Waals surface area contributed by atoms with Gasteiger partial charge in [-0.15, -0.1) is 11.3 Å². The van der Waals surface area contributed by atoms with Crippen LogP contribution >= 0.6 is 11.3 Å². The van der Waals surface area contributed by atoms with Crippen molar-refractivity contribution in [2.45, 2.75) is 25.6 Å². The standard InChI is InChI=1S/C29H30N4O3S/c1-31-14-12-23-24-17-33(29(34)30-20-8-5-10-22(16-20)36-3)27(19-7-4-9-21(15-19)35-2)25-11-6-13-32(25)28(24)37-26(23)18-31/h4-11,13,15-16,27H,12,14,17-18H2,1-3H3,(H,30,34)/t27-/m1/s1. The van der Waals surface area contributed by atoms with Crippen molar-refractivity contribution < 1.29 is 14.3 Å². The van der Waals surface area contributed by atoms with E-state index in [0.29, 0.717) is 18.0 Å². The number of aromatic nitrogens is 1. The second-order valence-corrected chi connectivity index (χ2v) is 10.6. The number of anilines is 1. The molecule has 4 heterocycles. The smallest absolute Gasteiger partial charge is 0.322 e. The van der Waals surface area contributed by atoms with Crippen LogP contribution in [-0.2, 0) is 19.5 Å². The van der Waals surface area contributed by atoms with Crippen molar-refractivity contribution in [1.29, 1.82) is 0 Å². The predicted octanol–water partition coefficient (Wildman–Crippen LogP) is 5.68. The van der Waals surface area contributed by atoms with Gasteiger partial charge in [0.15, 0.2) is 0 Å². The molecule has 37 heavy (non-hydrogen) atoms. The number of carbonyl (C=O) groups is 1. The molecule has 2 aliphatic rings. The number of hydrogen-bond donors (Lipinski definition) is 1. The van der Waals surface area contributed by atoms with Crippen molar-refractivity contribution >= 4 is 23.1 Å². The van der Waals surface area contributed by atoms with E-state index in [1.165, 1.54) is 21.0 Å². The summed E-state index contributed by atoms with van der Waals surface area (Å²) in [5.41, 5.74) is 5.39. The number of amides is 2. The van der Waals surface area contributed by atoms with Crippen LogP contribution < -0.4 is 14.8 Å². The fourth-order valence-electron chi connectivity index (χ4n) is 5.41. The quantitative estimate of drug-likeness (QED) is 0.381. The topological polar surface area (TPSA) is 59.0 Å². The molecule has 190 valence electrons. The van der Waals surface area contributed by atoms with E-state index >= 15 is 0 Å². The largest absolute Gasteiger partial charge is 0.497 e. The van der Waals surface area contributed by atoms with Crippen LogP contribution in [0.3, 0.4) is 0 Å². The van der Waals surface area contributed by atoms with Crippen molar-refractivity contribution in [3.63, 3.8) is 0 Å². The average Bonchev–Trinajstić information content (AvgIpc) is 3.50. The highest BCUT2D eigenvalue weighted by molar-refractivity contribution is 7.15. The SMILES string of the molecule is COc1cccc(NC(=O)N2Cc3c(sc4c3CCN(C)C4)-n3cccc3[C@H]2c2cccc(OC)c2)c1. The first kappa shape index (κ1) is 23.6. The maximum absolute atomic E-state index is 14.1. The number of ether oxygens (including phenoxy) is 2. The van der Waals surface area contributed by atoms with Crippen molar-refractivity contribution in [1.82, 2.24) is 14.4 Å². The fourth-order valence-corrected chi connectivity index (χ4v) is 6.85. The highest BCUT2D eigenvalue weighted by Crippen LogP contribution is 2.44. The zero-order valence-electron chi connectivity index (χ0n) is 21.2. The van der Waals surface area contributed by atoms with E-state index in [9.17, 15) is 4.79 Å². The summed E-state index contributed by atoms with van der Waals surface area (Å²) in [5, 5.41) is 4.35. The highest BCUT2D eigenvalue weighted by atomic mass is 32.1. The van der Waals surface area contributed by atoms with Crippen molar-refractivity contribution in [3.8, 4) is 16.5 Å². The molecule has 8 heteroatoms. The Morgan fingerprint density at radius 1 is 0.973 bits per heavy atom. The molecule has 0 radical (unpaired) electrons. The van der Waals surface area contributed by atoms with Gasteiger partial charge in [-0.3, -0.25) is 0 Å². The Morgan fingerprint density at radius 2 is 1.76 bits per heavy atom. The van der Waals surface area contributed by atoms with Gasteiger partial charge in [0.05, 0.1) is 32.5 Å². The summed E-state index contributed by atoms with van der Waals surface area (Å²) in [7, 11) is 5.46. The zero-order chi connectivity index (χ0) is 25.5. The van der Waals surface area contributed by atoms with Gasteiger partial charge >= 0.3 is 6.03 Å². The average molecular weight is 515 g/mol. The first-order valence-electron chi connectivity index (χ1n) is 12.4. The molecule has 0 saturated carbocycles. The molecule has 0 fully saturated rings. The van der Waals surface area contributed by atoms with Crippen LogP contribution in [0.4, 0.5) is 10.5 Å². The van der Waals surface area contributed by atoms with Crippen molar-refractivity contribution in [3.05, 3.63) is 94.1 Å². The van der Waals surface area contributed by atoms with Crippen LogP contribution in [0.1, 0.15) is 33.3 Å². The first-order chi connectivity index (χ1) is 18.1. The molecule has 1 atom stereocenters. The molecule has 4 aromatic rings. The van der Waals surface area contributed by atoms with Gasteiger partial charge in [0.25, 0.3) is 0 Å². The molecule has 0 spiro atoms. The summed E-state index contributed by atoms with van der Waals surface area (Å²) < 4.78 is 13.2. The van der Waals surface area contributed by atoms with Gasteiger partial charge < -0.3 is 29.2 Å². The molecule has 7 nitrogen and oxygen atoms in total. The monoisotopic (exact) mass is 514 g/mol. The molecule has 2 amide bonds. The number of nitrogens with one attached hydrogen (secondary N) is 1. The number of hydrogen-bond acceptors (Lipinski definition) is 5. The molecule has 0 aliphatic carbocycles. The number of likely N-dealkylation sites (N-methyl/N-ethyl adjacent to an activating group) is 1. The van der Waals surface area contributed by atoms with E-state index < -0.39 is 0 Å². The number of rotatable bonds is 4. The molecule has 1 N–H and O–H groups in total. The van der Waals surface area contributed by atoms with Crippen LogP contribution in [0.15, 0.2) is 66.9 Å². The second kappa shape index (κ2) is 9.61. The lowest BCUT2D eigenvalue weighted by Crippen LogP contribution is -2.38. The summed E-state index contributed by atoms with van der Waals surface area (Å²) in [6.45, 7) is 2.48. The summed E-state index contributed by atoms with van der Waals surface area (Å²) in [6.07, 6.45) is 3.11. The molecule has 2 aliphatic heterocycles. The minimum Gasteiger partial charge on any atom is -0.497 e. The van der Waals surface area contributed by atoms with Crippen LogP contribution in [-0.4, -0.2) is 48.2 Å². The summed E-state index contributed by atoms with van der Waals surface area (Å²) in [5.74, 6) is 1.47. The van der Waals surface area contributed by atoms with E-state index in [1.54, 1.807) is 14.2 Å². The summed E-state index contributed by atoms with van der Waals surface area (Å²) in [6, 6.07) is 19.2. The van der Waals surface area contributed by atoms with E-state index in [0.717, 1.165) is 36.5 Å². The third kappa shape index (κ3) is 4.26. The maximum Gasteiger partial charge on any atom is 0.322 e. The lowest BCUT2D eigenvalue weighted by Gasteiger charge is -2.32. The molecule has 0 unspecified atom stereocenters. The van der Waals surface area contributed by atoms with E-state index in [1.807, 2.05) is 58.7 Å². The second-order valence-electron chi connectivity index (χ2n) is 9.55. The molecule has 0 saturated heterocycles. The maximum atomic E-state index is 14.1. The predicted molar refractivity (Wildman–Crippen MR) is 146 cm³/mol. The number of nitrogens with zero attached hydrogens (tertiary/aromatic N) is 3. The van der Waals surface area contributed by atoms with Gasteiger partial charge in [-0.25, -0.2) is 4.79 Å². The lowest BCUT2D eigenvalue weighted by molar-refractivity contribution is 0.194. The Hall–Kier alpha value is -3.75. The normalized spacial score (nSPS) is 16.8.